The Labute approximate surface area is 169 Å². The first-order valence-corrected chi connectivity index (χ1v) is 10.1. The molecule has 1 spiro atoms. The summed E-state index contributed by atoms with van der Waals surface area (Å²) in [6, 6.07) is 13.1. The summed E-state index contributed by atoms with van der Waals surface area (Å²) in [7, 11) is 0. The average Bonchev–Trinajstić information content (AvgIpc) is 3.37. The summed E-state index contributed by atoms with van der Waals surface area (Å²) in [6.07, 6.45) is 2.34. The van der Waals surface area contributed by atoms with Gasteiger partial charge in [0, 0.05) is 19.2 Å². The van der Waals surface area contributed by atoms with Crippen molar-refractivity contribution in [3.8, 4) is 5.88 Å². The van der Waals surface area contributed by atoms with Crippen molar-refractivity contribution < 1.29 is 19.1 Å². The molecule has 0 radical (unpaired) electrons. The van der Waals surface area contributed by atoms with Crippen molar-refractivity contribution in [1.82, 2.24) is 14.8 Å². The molecular weight excluding hydrogens is 370 g/mol. The van der Waals surface area contributed by atoms with Crippen LogP contribution in [-0.4, -0.2) is 58.1 Å². The minimum absolute atomic E-state index is 0.0437. The largest absolute Gasteiger partial charge is 0.477 e. The van der Waals surface area contributed by atoms with E-state index in [-0.39, 0.29) is 30.4 Å². The van der Waals surface area contributed by atoms with Crippen molar-refractivity contribution in [2.45, 2.75) is 37.6 Å². The molecule has 3 saturated heterocycles. The number of ether oxygens (including phenoxy) is 2. The zero-order valence-electron chi connectivity index (χ0n) is 16.3. The van der Waals surface area contributed by atoms with Crippen LogP contribution in [0.3, 0.4) is 0 Å². The van der Waals surface area contributed by atoms with Crippen LogP contribution in [0.25, 0.3) is 0 Å². The average molecular weight is 393 g/mol. The van der Waals surface area contributed by atoms with Gasteiger partial charge in [0.1, 0.15) is 11.7 Å². The van der Waals surface area contributed by atoms with Gasteiger partial charge in [0.25, 0.3) is 5.91 Å². The number of aromatic nitrogens is 1. The van der Waals surface area contributed by atoms with Crippen molar-refractivity contribution in [3.05, 3.63) is 59.8 Å². The van der Waals surface area contributed by atoms with Crippen LogP contribution in [-0.2, 0) is 9.53 Å². The molecule has 7 heteroatoms. The molecule has 5 rings (SSSR count). The number of likely N-dealkylation sites (tertiary alicyclic amines) is 1. The molecule has 0 aliphatic carbocycles. The number of benzene rings is 1. The fourth-order valence-corrected chi connectivity index (χ4v) is 4.87. The molecule has 0 saturated carbocycles. The summed E-state index contributed by atoms with van der Waals surface area (Å²) in [5, 5.41) is 0. The van der Waals surface area contributed by atoms with E-state index in [0.29, 0.717) is 37.6 Å². The first-order chi connectivity index (χ1) is 14.1. The first-order valence-electron chi connectivity index (χ1n) is 10.1. The second kappa shape index (κ2) is 6.84. The van der Waals surface area contributed by atoms with Crippen molar-refractivity contribution in [2.24, 2.45) is 0 Å². The van der Waals surface area contributed by atoms with Gasteiger partial charge in [-0.25, -0.2) is 4.98 Å². The molecule has 3 atom stereocenters. The summed E-state index contributed by atoms with van der Waals surface area (Å²) >= 11 is 0. The number of amides is 2. The van der Waals surface area contributed by atoms with Crippen molar-refractivity contribution in [2.75, 3.05) is 19.7 Å². The fraction of sp³-hybridized carbons (Fsp3) is 0.409. The zero-order valence-corrected chi connectivity index (χ0v) is 16.3. The molecular formula is C22H23N3O4. The van der Waals surface area contributed by atoms with Crippen LogP contribution in [0.2, 0.25) is 0 Å². The normalized spacial score (nSPS) is 27.8. The SMILES string of the molecule is CCOc1ncccc1C(=O)N1CC[C@@]23O[C@H](c4ccccc4)CN2C(=O)C[C@@H]13. The van der Waals surface area contributed by atoms with Crippen LogP contribution in [0.4, 0.5) is 0 Å². The van der Waals surface area contributed by atoms with Gasteiger partial charge in [-0.2, -0.15) is 0 Å². The molecule has 3 fully saturated rings. The van der Waals surface area contributed by atoms with Gasteiger partial charge in [0.2, 0.25) is 11.8 Å². The molecule has 4 heterocycles. The molecule has 2 aromatic rings. The lowest BCUT2D eigenvalue weighted by Crippen LogP contribution is -2.48. The smallest absolute Gasteiger partial charge is 0.259 e. The molecule has 0 N–H and O–H groups in total. The van der Waals surface area contributed by atoms with E-state index < -0.39 is 5.72 Å². The summed E-state index contributed by atoms with van der Waals surface area (Å²) in [5.74, 6) is 0.212. The Morgan fingerprint density at radius 2 is 2.10 bits per heavy atom. The molecule has 1 aromatic heterocycles. The third-order valence-electron chi connectivity index (χ3n) is 6.14. The minimum Gasteiger partial charge on any atom is -0.477 e. The Hall–Kier alpha value is -2.93. The highest BCUT2D eigenvalue weighted by Gasteiger charge is 2.65. The third kappa shape index (κ3) is 2.72. The van der Waals surface area contributed by atoms with Gasteiger partial charge in [-0.1, -0.05) is 30.3 Å². The molecule has 2 amide bonds. The van der Waals surface area contributed by atoms with Crippen molar-refractivity contribution in [3.63, 3.8) is 0 Å². The Balaban J connectivity index is 1.44. The highest BCUT2D eigenvalue weighted by Crippen LogP contribution is 2.51. The number of nitrogens with zero attached hydrogens (tertiary/aromatic N) is 3. The number of hydrogen-bond acceptors (Lipinski definition) is 5. The number of carbonyl (C=O) groups excluding carboxylic acids is 2. The van der Waals surface area contributed by atoms with Crippen LogP contribution in [0, 0.1) is 0 Å². The maximum absolute atomic E-state index is 13.3. The van der Waals surface area contributed by atoms with Gasteiger partial charge < -0.3 is 19.3 Å². The van der Waals surface area contributed by atoms with E-state index in [1.54, 1.807) is 23.2 Å². The van der Waals surface area contributed by atoms with Gasteiger partial charge in [0.05, 0.1) is 25.6 Å². The second-order valence-corrected chi connectivity index (χ2v) is 7.62. The fourth-order valence-electron chi connectivity index (χ4n) is 4.87. The van der Waals surface area contributed by atoms with E-state index in [1.165, 1.54) is 0 Å². The monoisotopic (exact) mass is 393 g/mol. The van der Waals surface area contributed by atoms with E-state index in [9.17, 15) is 9.59 Å². The topological polar surface area (TPSA) is 72.0 Å². The third-order valence-corrected chi connectivity index (χ3v) is 6.14. The molecule has 29 heavy (non-hydrogen) atoms. The zero-order chi connectivity index (χ0) is 20.0. The molecule has 7 nitrogen and oxygen atoms in total. The number of pyridine rings is 1. The highest BCUT2D eigenvalue weighted by atomic mass is 16.5. The number of hydrogen-bond donors (Lipinski definition) is 0. The van der Waals surface area contributed by atoms with Crippen LogP contribution in [0.5, 0.6) is 5.88 Å². The molecule has 3 aliphatic heterocycles. The van der Waals surface area contributed by atoms with E-state index in [0.717, 1.165) is 5.56 Å². The second-order valence-electron chi connectivity index (χ2n) is 7.62. The van der Waals surface area contributed by atoms with E-state index in [4.69, 9.17) is 9.47 Å². The lowest BCUT2D eigenvalue weighted by atomic mass is 10.1. The van der Waals surface area contributed by atoms with Gasteiger partial charge >= 0.3 is 0 Å². The predicted octanol–water partition coefficient (Wildman–Crippen LogP) is 2.39. The van der Waals surface area contributed by atoms with Gasteiger partial charge in [0.15, 0.2) is 5.72 Å². The Morgan fingerprint density at radius 1 is 1.28 bits per heavy atom. The summed E-state index contributed by atoms with van der Waals surface area (Å²) in [4.78, 5) is 33.9. The lowest BCUT2D eigenvalue weighted by Gasteiger charge is -2.32. The minimum atomic E-state index is -0.735. The quantitative estimate of drug-likeness (QED) is 0.798. The van der Waals surface area contributed by atoms with E-state index in [1.807, 2.05) is 42.2 Å². The lowest BCUT2D eigenvalue weighted by molar-refractivity contribution is -0.138. The van der Waals surface area contributed by atoms with Crippen LogP contribution in [0.15, 0.2) is 48.7 Å². The van der Waals surface area contributed by atoms with Gasteiger partial charge in [-0.3, -0.25) is 9.59 Å². The molecule has 0 bridgehead atoms. The highest BCUT2D eigenvalue weighted by molar-refractivity contribution is 5.97. The molecule has 150 valence electrons. The maximum atomic E-state index is 13.3. The van der Waals surface area contributed by atoms with E-state index >= 15 is 0 Å². The molecule has 3 aliphatic rings. The van der Waals surface area contributed by atoms with Crippen molar-refractivity contribution >= 4 is 11.8 Å². The summed E-state index contributed by atoms with van der Waals surface area (Å²) in [6.45, 7) is 3.35. The Bertz CT molecular complexity index is 950. The van der Waals surface area contributed by atoms with Crippen LogP contribution >= 0.6 is 0 Å². The van der Waals surface area contributed by atoms with Gasteiger partial charge in [-0.15, -0.1) is 0 Å². The number of rotatable bonds is 4. The number of carbonyl (C=O) groups is 2. The standard InChI is InChI=1S/C22H23N3O4/c1-2-28-20-16(9-6-11-23-20)21(27)24-12-10-22-18(24)13-19(26)25(22)14-17(29-22)15-7-4-3-5-8-15/h3-9,11,17-18H,2,10,12-14H2,1H3/t17-,18+,22-/m0/s1. The van der Waals surface area contributed by atoms with Gasteiger partial charge in [-0.05, 0) is 24.6 Å². The van der Waals surface area contributed by atoms with E-state index in [2.05, 4.69) is 4.98 Å². The summed E-state index contributed by atoms with van der Waals surface area (Å²) < 4.78 is 12.1. The predicted molar refractivity (Wildman–Crippen MR) is 104 cm³/mol. The summed E-state index contributed by atoms with van der Waals surface area (Å²) in [5.41, 5.74) is 0.745. The van der Waals surface area contributed by atoms with Crippen LogP contribution < -0.4 is 4.74 Å². The Kier molecular flexibility index (Phi) is 4.28. The van der Waals surface area contributed by atoms with Crippen LogP contribution in [0.1, 0.15) is 41.8 Å². The first kappa shape index (κ1) is 18.1. The van der Waals surface area contributed by atoms with Crippen molar-refractivity contribution in [1.29, 1.82) is 0 Å². The Morgan fingerprint density at radius 3 is 2.90 bits per heavy atom. The maximum Gasteiger partial charge on any atom is 0.259 e. The molecule has 1 aromatic carbocycles. The molecule has 0 unspecified atom stereocenters.